The summed E-state index contributed by atoms with van der Waals surface area (Å²) in [6.07, 6.45) is 1.31. The van der Waals surface area contributed by atoms with Crippen LogP contribution in [0.1, 0.15) is 22.3 Å². The molecule has 130 valence electrons. The van der Waals surface area contributed by atoms with Crippen LogP contribution in [0, 0.1) is 13.8 Å². The van der Waals surface area contributed by atoms with Gasteiger partial charge in [-0.3, -0.25) is 19.6 Å². The Kier molecular flexibility index (Phi) is 4.94. The number of nitrogens with one attached hydrogen (secondary N) is 2. The molecular weight excluding hydrogens is 342 g/mol. The summed E-state index contributed by atoms with van der Waals surface area (Å²) in [6.45, 7) is 4.12. The Morgan fingerprint density at radius 3 is 2.76 bits per heavy atom. The Bertz CT molecular complexity index is 855. The van der Waals surface area contributed by atoms with Crippen molar-refractivity contribution < 1.29 is 14.1 Å². The van der Waals surface area contributed by atoms with Crippen molar-refractivity contribution in [1.82, 2.24) is 20.3 Å². The van der Waals surface area contributed by atoms with E-state index in [2.05, 4.69) is 25.4 Å². The molecule has 3 aromatic heterocycles. The largest absolute Gasteiger partial charge is 0.363 e. The topological polar surface area (TPSA) is 102 Å². The van der Waals surface area contributed by atoms with Crippen molar-refractivity contribution in [2.24, 2.45) is 0 Å². The maximum Gasteiger partial charge on any atom is 0.314 e. The number of thiophene rings is 1. The van der Waals surface area contributed by atoms with Crippen LogP contribution in [0.3, 0.4) is 0 Å². The highest BCUT2D eigenvalue weighted by Crippen LogP contribution is 2.24. The van der Waals surface area contributed by atoms with Crippen LogP contribution in [-0.2, 0) is 9.59 Å². The van der Waals surface area contributed by atoms with Crippen LogP contribution in [-0.4, -0.2) is 33.3 Å². The van der Waals surface area contributed by atoms with E-state index in [0.29, 0.717) is 0 Å². The molecule has 0 aliphatic carbocycles. The van der Waals surface area contributed by atoms with E-state index in [1.54, 1.807) is 11.3 Å². The highest BCUT2D eigenvalue weighted by Gasteiger charge is 2.21. The van der Waals surface area contributed by atoms with Gasteiger partial charge < -0.3 is 9.84 Å². The van der Waals surface area contributed by atoms with Crippen LogP contribution in [0.25, 0.3) is 0 Å². The first-order valence-electron chi connectivity index (χ1n) is 7.60. The summed E-state index contributed by atoms with van der Waals surface area (Å²) in [7, 11) is 0. The highest BCUT2D eigenvalue weighted by molar-refractivity contribution is 7.10. The molecule has 3 aromatic rings. The normalized spacial score (nSPS) is 11.9. The molecule has 8 nitrogen and oxygen atoms in total. The average Bonchev–Trinajstić information content (AvgIpc) is 3.31. The zero-order valence-corrected chi connectivity index (χ0v) is 14.5. The molecule has 2 amide bonds. The lowest BCUT2D eigenvalue weighted by molar-refractivity contribution is -0.136. The standard InChI is InChI=1S/C16H17N5O3S/c1-10-8-11(2)21(19-10)12(13-4-3-7-25-13)9-17-15(22)16(23)18-14-5-6-24-20-14/h3-8,12H,9H2,1-2H3,(H,17,22)(H,18,20,23). The Labute approximate surface area is 147 Å². The number of carbonyl (C=O) groups excluding carboxylic acids is 2. The fourth-order valence-electron chi connectivity index (χ4n) is 2.47. The first-order chi connectivity index (χ1) is 12.0. The van der Waals surface area contributed by atoms with Crippen LogP contribution in [0.5, 0.6) is 0 Å². The Balaban J connectivity index is 1.70. The third-order valence-corrected chi connectivity index (χ3v) is 4.53. The van der Waals surface area contributed by atoms with E-state index in [9.17, 15) is 9.59 Å². The fraction of sp³-hybridized carbons (Fsp3) is 0.250. The molecule has 2 N–H and O–H groups in total. The molecule has 0 aliphatic heterocycles. The maximum atomic E-state index is 12.1. The summed E-state index contributed by atoms with van der Waals surface area (Å²) in [5.74, 6) is -1.35. The molecular formula is C16H17N5O3S. The van der Waals surface area contributed by atoms with Crippen molar-refractivity contribution in [3.8, 4) is 0 Å². The lowest BCUT2D eigenvalue weighted by atomic mass is 10.2. The number of aromatic nitrogens is 3. The molecule has 25 heavy (non-hydrogen) atoms. The zero-order valence-electron chi connectivity index (χ0n) is 13.7. The summed E-state index contributed by atoms with van der Waals surface area (Å²) < 4.78 is 6.47. The molecule has 1 atom stereocenters. The average molecular weight is 359 g/mol. The van der Waals surface area contributed by atoms with Crippen molar-refractivity contribution in [3.63, 3.8) is 0 Å². The summed E-state index contributed by atoms with van der Waals surface area (Å²) in [6, 6.07) is 7.16. The summed E-state index contributed by atoms with van der Waals surface area (Å²) in [5.41, 5.74) is 1.88. The van der Waals surface area contributed by atoms with Crippen molar-refractivity contribution in [2.45, 2.75) is 19.9 Å². The third kappa shape index (κ3) is 3.94. The second-order valence-corrected chi connectivity index (χ2v) is 6.43. The number of nitrogens with zero attached hydrogens (tertiary/aromatic N) is 3. The van der Waals surface area contributed by atoms with Crippen LogP contribution in [0.15, 0.2) is 40.4 Å². The molecule has 0 saturated carbocycles. The number of rotatable bonds is 5. The van der Waals surface area contributed by atoms with Gasteiger partial charge in [-0.1, -0.05) is 11.2 Å². The zero-order chi connectivity index (χ0) is 17.8. The number of hydrogen-bond donors (Lipinski definition) is 2. The summed E-state index contributed by atoms with van der Waals surface area (Å²) in [5, 5.41) is 15.0. The summed E-state index contributed by atoms with van der Waals surface area (Å²) >= 11 is 1.57. The molecule has 0 aromatic carbocycles. The van der Waals surface area contributed by atoms with Gasteiger partial charge in [0.1, 0.15) is 12.3 Å². The van der Waals surface area contributed by atoms with Crippen molar-refractivity contribution in [3.05, 3.63) is 52.2 Å². The second-order valence-electron chi connectivity index (χ2n) is 5.45. The Morgan fingerprint density at radius 2 is 2.16 bits per heavy atom. The van der Waals surface area contributed by atoms with Crippen LogP contribution in [0.2, 0.25) is 0 Å². The van der Waals surface area contributed by atoms with Gasteiger partial charge in [0.2, 0.25) is 0 Å². The van der Waals surface area contributed by atoms with E-state index in [0.717, 1.165) is 16.3 Å². The minimum Gasteiger partial charge on any atom is -0.363 e. The molecule has 0 aliphatic rings. The lowest BCUT2D eigenvalue weighted by Crippen LogP contribution is -2.39. The van der Waals surface area contributed by atoms with Gasteiger partial charge in [0.05, 0.1) is 5.69 Å². The third-order valence-electron chi connectivity index (χ3n) is 3.55. The van der Waals surface area contributed by atoms with Crippen LogP contribution in [0.4, 0.5) is 5.82 Å². The van der Waals surface area contributed by atoms with Gasteiger partial charge in [-0.2, -0.15) is 5.10 Å². The van der Waals surface area contributed by atoms with E-state index in [1.807, 2.05) is 42.1 Å². The van der Waals surface area contributed by atoms with E-state index in [4.69, 9.17) is 0 Å². The molecule has 0 bridgehead atoms. The summed E-state index contributed by atoms with van der Waals surface area (Å²) in [4.78, 5) is 25.0. The quantitative estimate of drug-likeness (QED) is 0.677. The monoisotopic (exact) mass is 359 g/mol. The Hall–Kier alpha value is -2.94. The van der Waals surface area contributed by atoms with Crippen molar-refractivity contribution in [2.75, 3.05) is 11.9 Å². The predicted molar refractivity (Wildman–Crippen MR) is 92.3 cm³/mol. The van der Waals surface area contributed by atoms with Crippen molar-refractivity contribution >= 4 is 29.0 Å². The minimum absolute atomic E-state index is 0.183. The van der Waals surface area contributed by atoms with Gasteiger partial charge in [-0.05, 0) is 31.4 Å². The number of hydrogen-bond acceptors (Lipinski definition) is 6. The second kappa shape index (κ2) is 7.31. The SMILES string of the molecule is Cc1cc(C)n(C(CNC(=O)C(=O)Nc2ccon2)c2cccs2)n1. The Morgan fingerprint density at radius 1 is 1.32 bits per heavy atom. The van der Waals surface area contributed by atoms with Gasteiger partial charge in [-0.25, -0.2) is 0 Å². The first kappa shape index (κ1) is 16.9. The van der Waals surface area contributed by atoms with Gasteiger partial charge in [-0.15, -0.1) is 11.3 Å². The van der Waals surface area contributed by atoms with Crippen molar-refractivity contribution in [1.29, 1.82) is 0 Å². The fourth-order valence-corrected chi connectivity index (χ4v) is 3.28. The number of carbonyl (C=O) groups is 2. The number of amides is 2. The van der Waals surface area contributed by atoms with Gasteiger partial charge in [0, 0.05) is 23.2 Å². The molecule has 0 fully saturated rings. The number of aryl methyl sites for hydroxylation is 2. The number of anilines is 1. The minimum atomic E-state index is -0.799. The molecule has 0 spiro atoms. The van der Waals surface area contributed by atoms with E-state index >= 15 is 0 Å². The van der Waals surface area contributed by atoms with Gasteiger partial charge in [0.15, 0.2) is 5.82 Å². The smallest absolute Gasteiger partial charge is 0.314 e. The van der Waals surface area contributed by atoms with E-state index in [1.165, 1.54) is 12.3 Å². The van der Waals surface area contributed by atoms with Gasteiger partial charge in [0.25, 0.3) is 0 Å². The molecule has 0 radical (unpaired) electrons. The molecule has 9 heteroatoms. The van der Waals surface area contributed by atoms with Gasteiger partial charge >= 0.3 is 11.8 Å². The van der Waals surface area contributed by atoms with Crippen LogP contribution >= 0.6 is 11.3 Å². The maximum absolute atomic E-state index is 12.1. The van der Waals surface area contributed by atoms with E-state index < -0.39 is 11.8 Å². The predicted octanol–water partition coefficient (Wildman–Crippen LogP) is 1.89. The first-order valence-corrected chi connectivity index (χ1v) is 8.48. The lowest BCUT2D eigenvalue weighted by Gasteiger charge is -2.18. The molecule has 1 unspecified atom stereocenters. The van der Waals surface area contributed by atoms with Crippen LogP contribution < -0.4 is 10.6 Å². The molecule has 0 saturated heterocycles. The highest BCUT2D eigenvalue weighted by atomic mass is 32.1. The van der Waals surface area contributed by atoms with E-state index in [-0.39, 0.29) is 18.4 Å². The molecule has 3 heterocycles. The molecule has 3 rings (SSSR count).